The van der Waals surface area contributed by atoms with Gasteiger partial charge in [-0.3, -0.25) is 0 Å². The van der Waals surface area contributed by atoms with Gasteiger partial charge in [0.1, 0.15) is 0 Å². The molecule has 0 aromatic carbocycles. The van der Waals surface area contributed by atoms with Crippen molar-refractivity contribution < 1.29 is 0 Å². The first-order valence-electron chi connectivity index (χ1n) is 7.10. The predicted molar refractivity (Wildman–Crippen MR) is 87.5 cm³/mol. The summed E-state index contributed by atoms with van der Waals surface area (Å²) in [6.45, 7) is 7.73. The van der Waals surface area contributed by atoms with Crippen LogP contribution in [0.1, 0.15) is 45.8 Å². The van der Waals surface area contributed by atoms with E-state index < -0.39 is 0 Å². The van der Waals surface area contributed by atoms with Crippen molar-refractivity contribution in [3.8, 4) is 0 Å². The highest BCUT2D eigenvalue weighted by atomic mass is 32.1. The molecule has 2 rings (SSSR count). The fraction of sp³-hybridized carbons (Fsp3) is 0.500. The van der Waals surface area contributed by atoms with Crippen molar-refractivity contribution in [1.82, 2.24) is 5.32 Å². The summed E-state index contributed by atoms with van der Waals surface area (Å²) in [7, 11) is 0. The fourth-order valence-corrected chi connectivity index (χ4v) is 4.11. The first kappa shape index (κ1) is 14.8. The number of aryl methyl sites for hydroxylation is 2. The van der Waals surface area contributed by atoms with E-state index in [1.807, 2.05) is 22.7 Å². The summed E-state index contributed by atoms with van der Waals surface area (Å²) in [6, 6.07) is 9.55. The molecular weight excluding hydrogens is 270 g/mol. The number of hydrogen-bond donors (Lipinski definition) is 1. The molecule has 0 aliphatic carbocycles. The highest BCUT2D eigenvalue weighted by Gasteiger charge is 2.14. The average molecular weight is 294 g/mol. The quantitative estimate of drug-likeness (QED) is 0.760. The van der Waals surface area contributed by atoms with E-state index in [4.69, 9.17) is 0 Å². The SMILES string of the molecule is CCCNC(Cc1ccc(CC)s1)c1ccc(C)s1. The van der Waals surface area contributed by atoms with Crippen LogP contribution in [0, 0.1) is 6.92 Å². The van der Waals surface area contributed by atoms with Gasteiger partial charge in [-0.2, -0.15) is 0 Å². The molecule has 2 aromatic heterocycles. The Labute approximate surface area is 124 Å². The van der Waals surface area contributed by atoms with Gasteiger partial charge in [0.05, 0.1) is 0 Å². The van der Waals surface area contributed by atoms with Crippen molar-refractivity contribution in [3.63, 3.8) is 0 Å². The van der Waals surface area contributed by atoms with Gasteiger partial charge >= 0.3 is 0 Å². The van der Waals surface area contributed by atoms with Gasteiger partial charge < -0.3 is 5.32 Å². The number of rotatable bonds is 7. The van der Waals surface area contributed by atoms with Gasteiger partial charge in [0, 0.05) is 32.0 Å². The second-order valence-electron chi connectivity index (χ2n) is 4.88. The smallest absolute Gasteiger partial charge is 0.0463 e. The monoisotopic (exact) mass is 293 g/mol. The van der Waals surface area contributed by atoms with E-state index >= 15 is 0 Å². The number of nitrogens with one attached hydrogen (secondary N) is 1. The average Bonchev–Trinajstić information content (AvgIpc) is 3.03. The van der Waals surface area contributed by atoms with Crippen LogP contribution in [0.25, 0.3) is 0 Å². The Hall–Kier alpha value is -0.640. The molecule has 1 N–H and O–H groups in total. The summed E-state index contributed by atoms with van der Waals surface area (Å²) in [4.78, 5) is 5.86. The lowest BCUT2D eigenvalue weighted by atomic mass is 10.1. The molecule has 1 atom stereocenters. The molecule has 2 heterocycles. The van der Waals surface area contributed by atoms with Crippen molar-refractivity contribution in [2.24, 2.45) is 0 Å². The highest BCUT2D eigenvalue weighted by molar-refractivity contribution is 7.12. The van der Waals surface area contributed by atoms with Crippen LogP contribution in [-0.2, 0) is 12.8 Å². The first-order chi connectivity index (χ1) is 9.22. The van der Waals surface area contributed by atoms with Gasteiger partial charge in [0.15, 0.2) is 0 Å². The second-order valence-corrected chi connectivity index (χ2v) is 7.45. The standard InChI is InChI=1S/C16H23NS2/c1-4-10-17-15(16-9-6-12(3)18-16)11-14-8-7-13(5-2)19-14/h6-9,15,17H,4-5,10-11H2,1-3H3. The van der Waals surface area contributed by atoms with Crippen molar-refractivity contribution in [3.05, 3.63) is 43.8 Å². The molecule has 0 spiro atoms. The number of thiophene rings is 2. The Morgan fingerprint density at radius 1 is 1.05 bits per heavy atom. The Morgan fingerprint density at radius 2 is 1.84 bits per heavy atom. The van der Waals surface area contributed by atoms with Gasteiger partial charge in [-0.1, -0.05) is 13.8 Å². The molecule has 104 valence electrons. The molecule has 1 unspecified atom stereocenters. The van der Waals surface area contributed by atoms with E-state index in [0.29, 0.717) is 6.04 Å². The van der Waals surface area contributed by atoms with Crippen molar-refractivity contribution in [2.45, 2.75) is 46.1 Å². The summed E-state index contributed by atoms with van der Waals surface area (Å²) in [6.07, 6.45) is 3.45. The molecule has 0 saturated heterocycles. The molecule has 2 aromatic rings. The minimum atomic E-state index is 0.474. The maximum Gasteiger partial charge on any atom is 0.0463 e. The van der Waals surface area contributed by atoms with E-state index in [9.17, 15) is 0 Å². The third-order valence-electron chi connectivity index (χ3n) is 3.22. The van der Waals surface area contributed by atoms with E-state index in [0.717, 1.165) is 19.4 Å². The Kier molecular flexibility index (Phi) is 5.61. The van der Waals surface area contributed by atoms with E-state index in [1.54, 1.807) is 0 Å². The van der Waals surface area contributed by atoms with Crippen LogP contribution in [0.4, 0.5) is 0 Å². The van der Waals surface area contributed by atoms with Crippen LogP contribution in [-0.4, -0.2) is 6.54 Å². The van der Waals surface area contributed by atoms with Crippen LogP contribution in [0.5, 0.6) is 0 Å². The zero-order valence-corrected chi connectivity index (χ0v) is 13.7. The van der Waals surface area contributed by atoms with Crippen molar-refractivity contribution in [1.29, 1.82) is 0 Å². The molecule has 0 aliphatic rings. The Balaban J connectivity index is 2.09. The summed E-state index contributed by atoms with van der Waals surface area (Å²) in [5.74, 6) is 0. The zero-order chi connectivity index (χ0) is 13.7. The molecule has 3 heteroatoms. The third kappa shape index (κ3) is 4.16. The highest BCUT2D eigenvalue weighted by Crippen LogP contribution is 2.28. The first-order valence-corrected chi connectivity index (χ1v) is 8.73. The summed E-state index contributed by atoms with van der Waals surface area (Å²) in [5.41, 5.74) is 0. The lowest BCUT2D eigenvalue weighted by Crippen LogP contribution is -2.22. The van der Waals surface area contributed by atoms with E-state index in [-0.39, 0.29) is 0 Å². The minimum absolute atomic E-state index is 0.474. The van der Waals surface area contributed by atoms with Crippen molar-refractivity contribution >= 4 is 22.7 Å². The summed E-state index contributed by atoms with van der Waals surface area (Å²) < 4.78 is 0. The van der Waals surface area contributed by atoms with Gasteiger partial charge in [-0.05, 0) is 50.6 Å². The maximum absolute atomic E-state index is 3.69. The van der Waals surface area contributed by atoms with Gasteiger partial charge in [0.2, 0.25) is 0 Å². The minimum Gasteiger partial charge on any atom is -0.309 e. The van der Waals surface area contributed by atoms with Crippen LogP contribution in [0.3, 0.4) is 0 Å². The van der Waals surface area contributed by atoms with Gasteiger partial charge in [-0.15, -0.1) is 22.7 Å². The molecule has 1 nitrogen and oxygen atoms in total. The molecule has 0 radical (unpaired) electrons. The van der Waals surface area contributed by atoms with E-state index in [1.165, 1.54) is 25.9 Å². The van der Waals surface area contributed by atoms with Crippen LogP contribution in [0.2, 0.25) is 0 Å². The molecule has 0 saturated carbocycles. The Morgan fingerprint density at radius 3 is 2.42 bits per heavy atom. The topological polar surface area (TPSA) is 12.0 Å². The lowest BCUT2D eigenvalue weighted by molar-refractivity contribution is 0.539. The molecule has 0 bridgehead atoms. The number of hydrogen-bond acceptors (Lipinski definition) is 3. The fourth-order valence-electron chi connectivity index (χ4n) is 2.16. The van der Waals surface area contributed by atoms with Crippen LogP contribution >= 0.6 is 22.7 Å². The second kappa shape index (κ2) is 7.22. The summed E-state index contributed by atoms with van der Waals surface area (Å²) in [5, 5.41) is 3.69. The van der Waals surface area contributed by atoms with Gasteiger partial charge in [0.25, 0.3) is 0 Å². The molecule has 0 fully saturated rings. The predicted octanol–water partition coefficient (Wildman–Crippen LogP) is 4.96. The molecule has 0 aliphatic heterocycles. The molecule has 0 amide bonds. The maximum atomic E-state index is 3.69. The van der Waals surface area contributed by atoms with Crippen LogP contribution < -0.4 is 5.32 Å². The third-order valence-corrected chi connectivity index (χ3v) is 5.58. The molecule has 19 heavy (non-hydrogen) atoms. The Bertz CT molecular complexity index is 498. The van der Waals surface area contributed by atoms with Crippen molar-refractivity contribution in [2.75, 3.05) is 6.54 Å². The van der Waals surface area contributed by atoms with E-state index in [2.05, 4.69) is 50.4 Å². The zero-order valence-electron chi connectivity index (χ0n) is 12.0. The van der Waals surface area contributed by atoms with Gasteiger partial charge in [-0.25, -0.2) is 0 Å². The normalized spacial score (nSPS) is 12.8. The summed E-state index contributed by atoms with van der Waals surface area (Å²) >= 11 is 3.88. The lowest BCUT2D eigenvalue weighted by Gasteiger charge is -2.16. The van der Waals surface area contributed by atoms with Crippen LogP contribution in [0.15, 0.2) is 24.3 Å². The molecular formula is C16H23NS2. The largest absolute Gasteiger partial charge is 0.309 e.